The van der Waals surface area contributed by atoms with Crippen LogP contribution in [-0.2, 0) is 4.74 Å². The monoisotopic (exact) mass is 360 g/mol. The average molecular weight is 360 g/mol. The van der Waals surface area contributed by atoms with Gasteiger partial charge < -0.3 is 13.9 Å². The van der Waals surface area contributed by atoms with Gasteiger partial charge in [0.2, 0.25) is 5.89 Å². The highest BCUT2D eigenvalue weighted by Gasteiger charge is 2.21. The lowest BCUT2D eigenvalue weighted by Gasteiger charge is -2.10. The van der Waals surface area contributed by atoms with Gasteiger partial charge in [-0.05, 0) is 49.4 Å². The molecule has 1 aromatic heterocycles. The van der Waals surface area contributed by atoms with E-state index in [0.717, 1.165) is 6.07 Å². The van der Waals surface area contributed by atoms with E-state index in [4.69, 9.17) is 13.9 Å². The molecule has 6 nitrogen and oxygen atoms in total. The summed E-state index contributed by atoms with van der Waals surface area (Å²) < 4.78 is 42.1. The minimum Gasteiger partial charge on any atom is -0.494 e. The van der Waals surface area contributed by atoms with Crippen molar-refractivity contribution in [2.45, 2.75) is 13.0 Å². The van der Waals surface area contributed by atoms with Gasteiger partial charge in [0.15, 0.2) is 17.7 Å². The molecule has 0 saturated heterocycles. The van der Waals surface area contributed by atoms with Gasteiger partial charge >= 0.3 is 5.97 Å². The molecule has 0 N–H and O–H groups in total. The Morgan fingerprint density at radius 2 is 1.85 bits per heavy atom. The minimum atomic E-state index is -0.852. The first-order valence-electron chi connectivity index (χ1n) is 7.62. The van der Waals surface area contributed by atoms with Crippen LogP contribution in [0.1, 0.15) is 29.3 Å². The molecule has 26 heavy (non-hydrogen) atoms. The van der Waals surface area contributed by atoms with E-state index in [-0.39, 0.29) is 28.9 Å². The van der Waals surface area contributed by atoms with Crippen LogP contribution in [0, 0.1) is 11.6 Å². The third-order valence-electron chi connectivity index (χ3n) is 3.55. The molecule has 3 rings (SSSR count). The summed E-state index contributed by atoms with van der Waals surface area (Å²) in [6.45, 7) is 1.54. The van der Waals surface area contributed by atoms with E-state index in [1.807, 2.05) is 0 Å². The third-order valence-corrected chi connectivity index (χ3v) is 3.55. The molecule has 0 aliphatic heterocycles. The molecule has 0 radical (unpaired) electrons. The molecule has 134 valence electrons. The van der Waals surface area contributed by atoms with Crippen molar-refractivity contribution in [3.63, 3.8) is 0 Å². The predicted octanol–water partition coefficient (Wildman–Crippen LogP) is 3.94. The van der Waals surface area contributed by atoms with Crippen LogP contribution in [0.5, 0.6) is 5.75 Å². The van der Waals surface area contributed by atoms with Crippen molar-refractivity contribution in [2.75, 3.05) is 7.11 Å². The smallest absolute Gasteiger partial charge is 0.339 e. The fourth-order valence-electron chi connectivity index (χ4n) is 2.18. The molecular weight excluding hydrogens is 346 g/mol. The van der Waals surface area contributed by atoms with E-state index in [2.05, 4.69) is 10.2 Å². The van der Waals surface area contributed by atoms with Crippen molar-refractivity contribution < 1.29 is 27.5 Å². The number of aromatic nitrogens is 2. The van der Waals surface area contributed by atoms with E-state index < -0.39 is 17.9 Å². The van der Waals surface area contributed by atoms with E-state index >= 15 is 0 Å². The lowest BCUT2D eigenvalue weighted by molar-refractivity contribution is 0.0279. The maximum atomic E-state index is 13.7. The van der Waals surface area contributed by atoms with Crippen LogP contribution in [-0.4, -0.2) is 23.3 Å². The first-order chi connectivity index (χ1) is 12.5. The van der Waals surface area contributed by atoms with Crippen molar-refractivity contribution in [3.05, 3.63) is 65.6 Å². The number of esters is 1. The zero-order valence-corrected chi connectivity index (χ0v) is 13.9. The van der Waals surface area contributed by atoms with E-state index in [0.29, 0.717) is 5.56 Å². The highest BCUT2D eigenvalue weighted by molar-refractivity contribution is 5.89. The molecule has 0 aliphatic rings. The summed E-state index contributed by atoms with van der Waals surface area (Å²) in [5.41, 5.74) is 0.550. The molecule has 0 fully saturated rings. The van der Waals surface area contributed by atoms with Crippen molar-refractivity contribution in [2.24, 2.45) is 0 Å². The van der Waals surface area contributed by atoms with Crippen LogP contribution >= 0.6 is 0 Å². The van der Waals surface area contributed by atoms with Gasteiger partial charge in [-0.1, -0.05) is 0 Å². The number of benzene rings is 2. The van der Waals surface area contributed by atoms with Gasteiger partial charge in [0.1, 0.15) is 5.82 Å². The lowest BCUT2D eigenvalue weighted by Crippen LogP contribution is -2.10. The van der Waals surface area contributed by atoms with E-state index in [9.17, 15) is 13.6 Å². The second-order valence-corrected chi connectivity index (χ2v) is 5.35. The zero-order valence-electron chi connectivity index (χ0n) is 13.9. The van der Waals surface area contributed by atoms with Gasteiger partial charge in [0, 0.05) is 5.56 Å². The summed E-state index contributed by atoms with van der Waals surface area (Å²) in [5.74, 6) is -1.56. The Balaban J connectivity index is 1.72. The fourth-order valence-corrected chi connectivity index (χ4v) is 2.18. The average Bonchev–Trinajstić information content (AvgIpc) is 3.12. The highest BCUT2D eigenvalue weighted by atomic mass is 19.1. The largest absolute Gasteiger partial charge is 0.494 e. The molecule has 0 bridgehead atoms. The van der Waals surface area contributed by atoms with Gasteiger partial charge in [-0.2, -0.15) is 0 Å². The van der Waals surface area contributed by atoms with Crippen LogP contribution in [0.15, 0.2) is 46.9 Å². The Kier molecular flexibility index (Phi) is 4.92. The number of halogens is 2. The number of nitrogens with zero attached hydrogens (tertiary/aromatic N) is 2. The summed E-state index contributed by atoms with van der Waals surface area (Å²) in [6.07, 6.45) is -0.852. The van der Waals surface area contributed by atoms with Crippen LogP contribution < -0.4 is 4.74 Å². The highest BCUT2D eigenvalue weighted by Crippen LogP contribution is 2.24. The van der Waals surface area contributed by atoms with Crippen LogP contribution in [0.3, 0.4) is 0 Å². The van der Waals surface area contributed by atoms with E-state index in [1.165, 1.54) is 43.5 Å². The number of hydrogen-bond acceptors (Lipinski definition) is 6. The van der Waals surface area contributed by atoms with Gasteiger partial charge in [0.25, 0.3) is 5.89 Å². The topological polar surface area (TPSA) is 74.5 Å². The second-order valence-electron chi connectivity index (χ2n) is 5.35. The molecule has 3 aromatic rings. The van der Waals surface area contributed by atoms with Gasteiger partial charge in [-0.3, -0.25) is 0 Å². The number of carbonyl (C=O) groups excluding carboxylic acids is 1. The minimum absolute atomic E-state index is 0.0217. The number of ether oxygens (including phenoxy) is 2. The van der Waals surface area contributed by atoms with Gasteiger partial charge in [-0.25, -0.2) is 13.6 Å². The van der Waals surface area contributed by atoms with Crippen molar-refractivity contribution in [3.8, 4) is 17.2 Å². The standard InChI is InChI=1S/C18H14F2N2O4/c1-10(25-18(23)12-5-8-15(24-2)14(20)9-12)16-21-22-17(26-16)11-3-6-13(19)7-4-11/h3-10H,1-2H3/t10-/m0/s1. The molecule has 0 amide bonds. The molecule has 0 unspecified atom stereocenters. The van der Waals surface area contributed by atoms with Crippen molar-refractivity contribution >= 4 is 5.97 Å². The number of methoxy groups -OCH3 is 1. The Morgan fingerprint density at radius 3 is 2.50 bits per heavy atom. The molecular formula is C18H14F2N2O4. The Bertz CT molecular complexity index is 925. The summed E-state index contributed by atoms with van der Waals surface area (Å²) in [7, 11) is 1.33. The molecule has 1 atom stereocenters. The summed E-state index contributed by atoms with van der Waals surface area (Å²) in [5, 5.41) is 7.67. The molecule has 2 aromatic carbocycles. The number of hydrogen-bond donors (Lipinski definition) is 0. The fraction of sp³-hybridized carbons (Fsp3) is 0.167. The number of rotatable bonds is 5. The summed E-state index contributed by atoms with van der Waals surface area (Å²) >= 11 is 0. The first-order valence-corrected chi connectivity index (χ1v) is 7.62. The van der Waals surface area contributed by atoms with Crippen LogP contribution in [0.4, 0.5) is 8.78 Å². The maximum Gasteiger partial charge on any atom is 0.339 e. The van der Waals surface area contributed by atoms with Crippen LogP contribution in [0.2, 0.25) is 0 Å². The molecule has 0 saturated carbocycles. The second kappa shape index (κ2) is 7.30. The molecule has 0 spiro atoms. The number of carbonyl (C=O) groups is 1. The molecule has 1 heterocycles. The SMILES string of the molecule is COc1ccc(C(=O)O[C@@H](C)c2nnc(-c3ccc(F)cc3)o2)cc1F. The third kappa shape index (κ3) is 3.69. The first kappa shape index (κ1) is 17.5. The predicted molar refractivity (Wildman–Crippen MR) is 86.5 cm³/mol. The lowest BCUT2D eigenvalue weighted by atomic mass is 10.2. The Hall–Kier alpha value is -3.29. The molecule has 0 aliphatic carbocycles. The summed E-state index contributed by atoms with van der Waals surface area (Å²) in [4.78, 5) is 12.1. The molecule has 8 heteroatoms. The van der Waals surface area contributed by atoms with Crippen molar-refractivity contribution in [1.29, 1.82) is 0 Å². The van der Waals surface area contributed by atoms with Gasteiger partial charge in [-0.15, -0.1) is 10.2 Å². The summed E-state index contributed by atoms with van der Waals surface area (Å²) in [6, 6.07) is 9.24. The Labute approximate surface area is 147 Å². The zero-order chi connectivity index (χ0) is 18.7. The maximum absolute atomic E-state index is 13.7. The normalized spacial score (nSPS) is 11.8. The van der Waals surface area contributed by atoms with E-state index in [1.54, 1.807) is 6.92 Å². The van der Waals surface area contributed by atoms with Gasteiger partial charge in [0.05, 0.1) is 12.7 Å². The Morgan fingerprint density at radius 1 is 1.12 bits per heavy atom. The van der Waals surface area contributed by atoms with Crippen molar-refractivity contribution in [1.82, 2.24) is 10.2 Å². The van der Waals surface area contributed by atoms with Crippen LogP contribution in [0.25, 0.3) is 11.5 Å². The quantitative estimate of drug-likeness (QED) is 0.642.